The molecule has 0 aliphatic rings. The van der Waals surface area contributed by atoms with Crippen LogP contribution >= 0.6 is 0 Å². The van der Waals surface area contributed by atoms with E-state index in [2.05, 4.69) is 10.3 Å². The van der Waals surface area contributed by atoms with Crippen molar-refractivity contribution in [3.8, 4) is 5.88 Å². The van der Waals surface area contributed by atoms with Gasteiger partial charge in [-0.25, -0.2) is 4.98 Å². The number of nitro benzene ring substituents is 1. The number of aromatic nitrogens is 1. The fourth-order valence-electron chi connectivity index (χ4n) is 1.88. The van der Waals surface area contributed by atoms with Gasteiger partial charge < -0.3 is 10.1 Å². The molecule has 0 bridgehead atoms. The van der Waals surface area contributed by atoms with Gasteiger partial charge in [0.25, 0.3) is 5.69 Å². The maximum absolute atomic E-state index is 10.9. The first-order valence-electron chi connectivity index (χ1n) is 6.08. The number of nitro groups is 1. The second-order valence-electron chi connectivity index (χ2n) is 4.27. The third-order valence-corrected chi connectivity index (χ3v) is 2.99. The Kier molecular flexibility index (Phi) is 4.14. The van der Waals surface area contributed by atoms with Crippen molar-refractivity contribution in [2.24, 2.45) is 0 Å². The van der Waals surface area contributed by atoms with Gasteiger partial charge in [0.1, 0.15) is 0 Å². The second-order valence-corrected chi connectivity index (χ2v) is 4.27. The largest absolute Gasteiger partial charge is 0.481 e. The predicted molar refractivity (Wildman–Crippen MR) is 75.9 cm³/mol. The predicted octanol–water partition coefficient (Wildman–Crippen LogP) is 2.92. The van der Waals surface area contributed by atoms with Crippen LogP contribution in [0.3, 0.4) is 0 Å². The summed E-state index contributed by atoms with van der Waals surface area (Å²) in [7, 11) is 1.56. The fraction of sp³-hybridized carbons (Fsp3) is 0.214. The lowest BCUT2D eigenvalue weighted by Gasteiger charge is -2.10. The van der Waals surface area contributed by atoms with Crippen LogP contribution in [-0.4, -0.2) is 17.0 Å². The van der Waals surface area contributed by atoms with Crippen LogP contribution in [0.5, 0.6) is 5.88 Å². The molecule has 1 heterocycles. The van der Waals surface area contributed by atoms with Crippen LogP contribution < -0.4 is 10.1 Å². The smallest absolute Gasteiger partial charge is 0.274 e. The number of nitrogens with one attached hydrogen (secondary N) is 1. The lowest BCUT2D eigenvalue weighted by Crippen LogP contribution is -2.03. The molecule has 2 aromatic rings. The Labute approximate surface area is 116 Å². The van der Waals surface area contributed by atoms with Gasteiger partial charge in [0, 0.05) is 36.1 Å². The molecule has 0 fully saturated rings. The minimum atomic E-state index is -0.379. The van der Waals surface area contributed by atoms with Crippen LogP contribution in [0.4, 0.5) is 11.4 Å². The summed E-state index contributed by atoms with van der Waals surface area (Å²) in [4.78, 5) is 14.5. The molecule has 2 rings (SSSR count). The molecular formula is C14H15N3O3. The first-order valence-corrected chi connectivity index (χ1v) is 6.08. The molecule has 1 N–H and O–H groups in total. The molecule has 20 heavy (non-hydrogen) atoms. The maximum atomic E-state index is 10.9. The van der Waals surface area contributed by atoms with Gasteiger partial charge in [-0.3, -0.25) is 10.1 Å². The van der Waals surface area contributed by atoms with Crippen LogP contribution in [0, 0.1) is 17.0 Å². The van der Waals surface area contributed by atoms with Gasteiger partial charge in [-0.05, 0) is 24.6 Å². The molecule has 1 aromatic carbocycles. The summed E-state index contributed by atoms with van der Waals surface area (Å²) in [6, 6.07) is 8.67. The molecule has 1 aromatic heterocycles. The summed E-state index contributed by atoms with van der Waals surface area (Å²) >= 11 is 0. The Hall–Kier alpha value is -2.63. The van der Waals surface area contributed by atoms with Crippen LogP contribution in [0.25, 0.3) is 0 Å². The second kappa shape index (κ2) is 6.01. The molecule has 0 radical (unpaired) electrons. The van der Waals surface area contributed by atoms with E-state index in [-0.39, 0.29) is 10.6 Å². The van der Waals surface area contributed by atoms with Crippen molar-refractivity contribution in [2.45, 2.75) is 13.5 Å². The van der Waals surface area contributed by atoms with Crippen LogP contribution in [0.2, 0.25) is 0 Å². The minimum Gasteiger partial charge on any atom is -0.481 e. The van der Waals surface area contributed by atoms with Crippen LogP contribution in [-0.2, 0) is 6.54 Å². The van der Waals surface area contributed by atoms with E-state index in [0.717, 1.165) is 11.3 Å². The highest BCUT2D eigenvalue weighted by atomic mass is 16.6. The summed E-state index contributed by atoms with van der Waals surface area (Å²) in [6.07, 6.45) is 1.66. The molecule has 6 heteroatoms. The number of methoxy groups -OCH3 is 1. The summed E-state index contributed by atoms with van der Waals surface area (Å²) in [5.74, 6) is 0.542. The summed E-state index contributed by atoms with van der Waals surface area (Å²) in [6.45, 7) is 2.27. The molecule has 0 aliphatic heterocycles. The zero-order chi connectivity index (χ0) is 14.5. The standard InChI is InChI=1S/C14H15N3O3/c1-10-12(4-3-5-13(10)17(18)19)16-9-11-6-7-15-14(8-11)20-2/h3-8,16H,9H2,1-2H3. The highest BCUT2D eigenvalue weighted by molar-refractivity contribution is 5.59. The first kappa shape index (κ1) is 13.8. The maximum Gasteiger partial charge on any atom is 0.274 e. The van der Waals surface area contributed by atoms with E-state index < -0.39 is 0 Å². The average molecular weight is 273 g/mol. The Morgan fingerprint density at radius 2 is 2.20 bits per heavy atom. The molecule has 0 aliphatic carbocycles. The summed E-state index contributed by atoms with van der Waals surface area (Å²) in [5.41, 5.74) is 2.47. The van der Waals surface area contributed by atoms with Gasteiger partial charge in [-0.2, -0.15) is 0 Å². The van der Waals surface area contributed by atoms with Gasteiger partial charge in [0.15, 0.2) is 0 Å². The zero-order valence-electron chi connectivity index (χ0n) is 11.3. The molecule has 0 spiro atoms. The van der Waals surface area contributed by atoms with Crippen molar-refractivity contribution in [3.05, 3.63) is 57.8 Å². The van der Waals surface area contributed by atoms with Crippen molar-refractivity contribution in [3.63, 3.8) is 0 Å². The SMILES string of the molecule is COc1cc(CNc2cccc([N+](=O)[O-])c2C)ccn1. The van der Waals surface area contributed by atoms with E-state index in [1.165, 1.54) is 6.07 Å². The normalized spacial score (nSPS) is 10.1. The zero-order valence-corrected chi connectivity index (χ0v) is 11.3. The Morgan fingerprint density at radius 1 is 1.40 bits per heavy atom. The molecule has 0 saturated heterocycles. The Balaban J connectivity index is 2.14. The third kappa shape index (κ3) is 3.03. The van der Waals surface area contributed by atoms with Gasteiger partial charge in [-0.15, -0.1) is 0 Å². The molecule has 104 valence electrons. The average Bonchev–Trinajstić information content (AvgIpc) is 2.46. The van der Waals surface area contributed by atoms with Gasteiger partial charge in [0.05, 0.1) is 12.0 Å². The van der Waals surface area contributed by atoms with E-state index in [1.54, 1.807) is 26.3 Å². The van der Waals surface area contributed by atoms with Crippen molar-refractivity contribution in [1.29, 1.82) is 0 Å². The van der Waals surface area contributed by atoms with Crippen molar-refractivity contribution in [1.82, 2.24) is 4.98 Å². The summed E-state index contributed by atoms with van der Waals surface area (Å²) < 4.78 is 5.05. The van der Waals surface area contributed by atoms with E-state index in [4.69, 9.17) is 4.74 Å². The lowest BCUT2D eigenvalue weighted by molar-refractivity contribution is -0.385. The van der Waals surface area contributed by atoms with Crippen molar-refractivity contribution < 1.29 is 9.66 Å². The van der Waals surface area contributed by atoms with E-state index >= 15 is 0 Å². The van der Waals surface area contributed by atoms with Crippen LogP contribution in [0.1, 0.15) is 11.1 Å². The molecule has 0 unspecified atom stereocenters. The minimum absolute atomic E-state index is 0.113. The van der Waals surface area contributed by atoms with Gasteiger partial charge in [0.2, 0.25) is 5.88 Å². The highest BCUT2D eigenvalue weighted by Crippen LogP contribution is 2.25. The fourth-order valence-corrected chi connectivity index (χ4v) is 1.88. The van der Waals surface area contributed by atoms with Crippen LogP contribution in [0.15, 0.2) is 36.5 Å². The number of pyridine rings is 1. The molecule has 6 nitrogen and oxygen atoms in total. The monoisotopic (exact) mass is 273 g/mol. The van der Waals surface area contributed by atoms with Crippen molar-refractivity contribution in [2.75, 3.05) is 12.4 Å². The number of nitrogens with zero attached hydrogens (tertiary/aromatic N) is 2. The molecular weight excluding hydrogens is 258 g/mol. The highest BCUT2D eigenvalue weighted by Gasteiger charge is 2.12. The summed E-state index contributed by atoms with van der Waals surface area (Å²) in [5, 5.41) is 14.1. The van der Waals surface area contributed by atoms with Gasteiger partial charge >= 0.3 is 0 Å². The first-order chi connectivity index (χ1) is 9.61. The number of anilines is 1. The Morgan fingerprint density at radius 3 is 2.90 bits per heavy atom. The van der Waals surface area contributed by atoms with Gasteiger partial charge in [-0.1, -0.05) is 6.07 Å². The molecule has 0 saturated carbocycles. The third-order valence-electron chi connectivity index (χ3n) is 2.99. The van der Waals surface area contributed by atoms with E-state index in [9.17, 15) is 10.1 Å². The van der Waals surface area contributed by atoms with E-state index in [1.807, 2.05) is 18.2 Å². The number of benzene rings is 1. The van der Waals surface area contributed by atoms with E-state index in [0.29, 0.717) is 18.0 Å². The number of rotatable bonds is 5. The number of hydrogen-bond donors (Lipinski definition) is 1. The quantitative estimate of drug-likeness (QED) is 0.669. The Bertz CT molecular complexity index is 629. The number of ether oxygens (including phenoxy) is 1. The topological polar surface area (TPSA) is 77.3 Å². The molecule has 0 atom stereocenters. The lowest BCUT2D eigenvalue weighted by atomic mass is 10.1. The molecule has 0 amide bonds. The number of hydrogen-bond acceptors (Lipinski definition) is 5. The van der Waals surface area contributed by atoms with Crippen molar-refractivity contribution >= 4 is 11.4 Å².